The Morgan fingerprint density at radius 3 is 2.90 bits per heavy atom. The smallest absolute Gasteiger partial charge is 0.323 e. The number of hydrogen-bond donors (Lipinski definition) is 3. The Morgan fingerprint density at radius 1 is 1.35 bits per heavy atom. The highest BCUT2D eigenvalue weighted by atomic mass is 16.3. The summed E-state index contributed by atoms with van der Waals surface area (Å²) in [7, 11) is 0. The van der Waals surface area contributed by atoms with Crippen molar-refractivity contribution < 1.29 is 9.90 Å². The number of aliphatic hydroxyl groups excluding tert-OH is 1. The predicted molar refractivity (Wildman–Crippen MR) is 77.9 cm³/mol. The van der Waals surface area contributed by atoms with E-state index in [4.69, 9.17) is 5.11 Å². The first-order valence-electron chi connectivity index (χ1n) is 6.37. The van der Waals surface area contributed by atoms with Crippen LogP contribution in [0.1, 0.15) is 11.1 Å². The van der Waals surface area contributed by atoms with E-state index < -0.39 is 0 Å². The van der Waals surface area contributed by atoms with Crippen molar-refractivity contribution in [3.8, 4) is 0 Å². The first-order chi connectivity index (χ1) is 9.58. The Bertz CT molecular complexity index is 607. The van der Waals surface area contributed by atoms with Gasteiger partial charge in [0.25, 0.3) is 0 Å². The average molecular weight is 274 g/mol. The van der Waals surface area contributed by atoms with Crippen LogP contribution < -0.4 is 10.6 Å². The second kappa shape index (κ2) is 6.21. The lowest BCUT2D eigenvalue weighted by Crippen LogP contribution is -2.19. The van der Waals surface area contributed by atoms with Crippen molar-refractivity contribution in [3.63, 3.8) is 0 Å². The van der Waals surface area contributed by atoms with Crippen molar-refractivity contribution >= 4 is 17.4 Å². The summed E-state index contributed by atoms with van der Waals surface area (Å²) in [6.45, 7) is 4.33. The first kappa shape index (κ1) is 14.1. The molecule has 0 saturated heterocycles. The molecule has 0 spiro atoms. The number of hydrogen-bond acceptors (Lipinski definition) is 3. The Balaban J connectivity index is 1.99. The molecule has 0 aliphatic rings. The van der Waals surface area contributed by atoms with Gasteiger partial charge in [-0.3, -0.25) is 4.68 Å². The molecule has 1 heterocycles. The van der Waals surface area contributed by atoms with E-state index in [0.717, 1.165) is 16.8 Å². The van der Waals surface area contributed by atoms with E-state index in [2.05, 4.69) is 15.7 Å². The molecule has 1 aromatic carbocycles. The van der Waals surface area contributed by atoms with Crippen molar-refractivity contribution in [1.29, 1.82) is 0 Å². The molecule has 20 heavy (non-hydrogen) atoms. The first-order valence-corrected chi connectivity index (χ1v) is 6.37. The molecule has 2 aromatic rings. The molecule has 0 radical (unpaired) electrons. The number of benzene rings is 1. The highest BCUT2D eigenvalue weighted by Crippen LogP contribution is 2.16. The van der Waals surface area contributed by atoms with Crippen LogP contribution in [0, 0.1) is 13.8 Å². The van der Waals surface area contributed by atoms with Gasteiger partial charge < -0.3 is 15.7 Å². The topological polar surface area (TPSA) is 79.2 Å². The third kappa shape index (κ3) is 3.58. The summed E-state index contributed by atoms with van der Waals surface area (Å²) in [6, 6.07) is 5.56. The number of amides is 2. The molecule has 3 N–H and O–H groups in total. The van der Waals surface area contributed by atoms with E-state index in [0.29, 0.717) is 12.2 Å². The van der Waals surface area contributed by atoms with Gasteiger partial charge in [-0.15, -0.1) is 0 Å². The maximum absolute atomic E-state index is 11.9. The van der Waals surface area contributed by atoms with Crippen molar-refractivity contribution in [2.75, 3.05) is 17.2 Å². The Labute approximate surface area is 117 Å². The van der Waals surface area contributed by atoms with Gasteiger partial charge >= 0.3 is 6.03 Å². The van der Waals surface area contributed by atoms with E-state index in [1.165, 1.54) is 0 Å². The summed E-state index contributed by atoms with van der Waals surface area (Å²) in [5.74, 6) is 0. The number of carbonyl (C=O) groups is 1. The minimum atomic E-state index is -0.317. The molecule has 0 aliphatic heterocycles. The summed E-state index contributed by atoms with van der Waals surface area (Å²) in [5, 5.41) is 18.3. The Hall–Kier alpha value is -2.34. The maximum atomic E-state index is 11.9. The number of aryl methyl sites for hydroxylation is 2. The largest absolute Gasteiger partial charge is 0.394 e. The number of rotatable bonds is 4. The Kier molecular flexibility index (Phi) is 4.37. The van der Waals surface area contributed by atoms with Crippen LogP contribution in [0.15, 0.2) is 30.6 Å². The fraction of sp³-hybridized carbons (Fsp3) is 0.286. The molecule has 1 aromatic heterocycles. The van der Waals surface area contributed by atoms with E-state index >= 15 is 0 Å². The van der Waals surface area contributed by atoms with Gasteiger partial charge in [-0.25, -0.2) is 4.79 Å². The monoisotopic (exact) mass is 274 g/mol. The third-order valence-corrected chi connectivity index (χ3v) is 2.86. The Morgan fingerprint density at radius 2 is 2.15 bits per heavy atom. The van der Waals surface area contributed by atoms with Gasteiger partial charge in [0.1, 0.15) is 0 Å². The standard InChI is InChI=1S/C14H18N4O2/c1-10-3-4-11(2)13(7-10)17-14(20)16-12-8-15-18(9-12)5-6-19/h3-4,7-9,19H,5-6H2,1-2H3,(H2,16,17,20). The number of nitrogens with one attached hydrogen (secondary N) is 2. The fourth-order valence-electron chi connectivity index (χ4n) is 1.81. The second-order valence-corrected chi connectivity index (χ2v) is 4.61. The molecule has 6 heteroatoms. The minimum absolute atomic E-state index is 0.00973. The van der Waals surface area contributed by atoms with Gasteiger partial charge in [0.05, 0.1) is 25.0 Å². The molecular formula is C14H18N4O2. The highest BCUT2D eigenvalue weighted by Gasteiger charge is 2.06. The average Bonchev–Trinajstić information content (AvgIpc) is 2.81. The zero-order valence-electron chi connectivity index (χ0n) is 11.6. The van der Waals surface area contributed by atoms with Gasteiger partial charge in [-0.2, -0.15) is 5.10 Å². The number of aliphatic hydroxyl groups is 1. The molecule has 0 bridgehead atoms. The molecular weight excluding hydrogens is 256 g/mol. The zero-order valence-corrected chi connectivity index (χ0v) is 11.6. The van der Waals surface area contributed by atoms with Crippen LogP contribution in [0.4, 0.5) is 16.2 Å². The van der Waals surface area contributed by atoms with Crippen molar-refractivity contribution in [1.82, 2.24) is 9.78 Å². The highest BCUT2D eigenvalue weighted by molar-refractivity contribution is 6.00. The molecule has 0 unspecified atom stereocenters. The molecule has 0 atom stereocenters. The van der Waals surface area contributed by atoms with Gasteiger partial charge in [0.2, 0.25) is 0 Å². The summed E-state index contributed by atoms with van der Waals surface area (Å²) in [4.78, 5) is 11.9. The number of nitrogens with zero attached hydrogens (tertiary/aromatic N) is 2. The van der Waals surface area contributed by atoms with Gasteiger partial charge in [0, 0.05) is 11.9 Å². The van der Waals surface area contributed by atoms with Crippen molar-refractivity contribution in [3.05, 3.63) is 41.7 Å². The third-order valence-electron chi connectivity index (χ3n) is 2.86. The van der Waals surface area contributed by atoms with Crippen LogP contribution in [-0.2, 0) is 6.54 Å². The predicted octanol–water partition coefficient (Wildman–Crippen LogP) is 2.14. The second-order valence-electron chi connectivity index (χ2n) is 4.61. The quantitative estimate of drug-likeness (QED) is 0.799. The van der Waals surface area contributed by atoms with Crippen LogP contribution in [0.5, 0.6) is 0 Å². The fourth-order valence-corrected chi connectivity index (χ4v) is 1.81. The summed E-state index contributed by atoms with van der Waals surface area (Å²) < 4.78 is 1.56. The lowest BCUT2D eigenvalue weighted by atomic mass is 10.1. The van der Waals surface area contributed by atoms with Crippen molar-refractivity contribution in [2.24, 2.45) is 0 Å². The van der Waals surface area contributed by atoms with Gasteiger partial charge in [-0.05, 0) is 31.0 Å². The van der Waals surface area contributed by atoms with E-state index in [9.17, 15) is 4.79 Å². The lowest BCUT2D eigenvalue weighted by Gasteiger charge is -2.09. The van der Waals surface area contributed by atoms with E-state index in [1.54, 1.807) is 17.1 Å². The number of anilines is 2. The van der Waals surface area contributed by atoms with Crippen LogP contribution in [0.25, 0.3) is 0 Å². The van der Waals surface area contributed by atoms with Crippen molar-refractivity contribution in [2.45, 2.75) is 20.4 Å². The minimum Gasteiger partial charge on any atom is -0.394 e. The van der Waals surface area contributed by atoms with Gasteiger partial charge in [0.15, 0.2) is 0 Å². The molecule has 0 aliphatic carbocycles. The normalized spacial score (nSPS) is 10.3. The number of carbonyl (C=O) groups excluding carboxylic acids is 1. The van der Waals surface area contributed by atoms with Gasteiger partial charge in [-0.1, -0.05) is 12.1 Å². The summed E-state index contributed by atoms with van der Waals surface area (Å²) in [6.07, 6.45) is 3.21. The van der Waals surface area contributed by atoms with Crippen LogP contribution in [0.3, 0.4) is 0 Å². The lowest BCUT2D eigenvalue weighted by molar-refractivity contribution is 0.262. The van der Waals surface area contributed by atoms with E-state index in [1.807, 2.05) is 32.0 Å². The molecule has 0 saturated carbocycles. The molecule has 2 rings (SSSR count). The number of aromatic nitrogens is 2. The summed E-state index contributed by atoms with van der Waals surface area (Å²) in [5.41, 5.74) is 3.45. The zero-order chi connectivity index (χ0) is 14.5. The molecule has 106 valence electrons. The van der Waals surface area contributed by atoms with Crippen LogP contribution >= 0.6 is 0 Å². The SMILES string of the molecule is Cc1ccc(C)c(NC(=O)Nc2cnn(CCO)c2)c1. The molecule has 2 amide bonds. The van der Waals surface area contributed by atoms with Crippen LogP contribution in [-0.4, -0.2) is 27.5 Å². The molecule has 0 fully saturated rings. The maximum Gasteiger partial charge on any atom is 0.323 e. The number of urea groups is 1. The summed E-state index contributed by atoms with van der Waals surface area (Å²) >= 11 is 0. The van der Waals surface area contributed by atoms with E-state index in [-0.39, 0.29) is 12.6 Å². The molecule has 6 nitrogen and oxygen atoms in total. The van der Waals surface area contributed by atoms with Crippen LogP contribution in [0.2, 0.25) is 0 Å².